The number of rotatable bonds is 7. The molecule has 0 saturated heterocycles. The van der Waals surface area contributed by atoms with Gasteiger partial charge in [0.2, 0.25) is 5.13 Å². The highest BCUT2D eigenvalue weighted by Crippen LogP contribution is 2.31. The maximum atomic E-state index is 12.6. The maximum absolute atomic E-state index is 12.6. The fraction of sp³-hybridized carbons (Fsp3) is 0.118. The van der Waals surface area contributed by atoms with Crippen LogP contribution in [0.25, 0.3) is 0 Å². The lowest BCUT2D eigenvalue weighted by Crippen LogP contribution is -2.13. The molecule has 2 N–H and O–H groups in total. The fourth-order valence-corrected chi connectivity index (χ4v) is 4.75. The summed E-state index contributed by atoms with van der Waals surface area (Å²) in [5.41, 5.74) is 0.394. The van der Waals surface area contributed by atoms with Crippen LogP contribution in [0.3, 0.4) is 0 Å². The summed E-state index contributed by atoms with van der Waals surface area (Å²) in [5, 5.41) is 10.3. The standard InChI is InChI=1S/C17H14Cl2N4O5S2/c1-27-13-6-4-10(8-14(13)28-2)23-30(25,26)17-22-21-16(29-17)20-15(24)11-5-3-9(18)7-12(11)19/h3-8,23H,1-2H3,(H,20,21,24). The van der Waals surface area contributed by atoms with Gasteiger partial charge in [-0.15, -0.1) is 10.2 Å². The van der Waals surface area contributed by atoms with Gasteiger partial charge in [0.1, 0.15) is 0 Å². The van der Waals surface area contributed by atoms with Gasteiger partial charge in [-0.1, -0.05) is 34.5 Å². The summed E-state index contributed by atoms with van der Waals surface area (Å²) in [6.07, 6.45) is 0. The molecule has 1 aromatic heterocycles. The summed E-state index contributed by atoms with van der Waals surface area (Å²) in [6.45, 7) is 0. The molecule has 0 aliphatic carbocycles. The molecule has 0 saturated carbocycles. The number of hydrogen-bond donors (Lipinski definition) is 2. The molecular formula is C17H14Cl2N4O5S2. The highest BCUT2D eigenvalue weighted by Gasteiger charge is 2.22. The van der Waals surface area contributed by atoms with Crippen molar-refractivity contribution in [2.75, 3.05) is 24.3 Å². The van der Waals surface area contributed by atoms with Gasteiger partial charge in [0.25, 0.3) is 20.3 Å². The third kappa shape index (κ3) is 4.93. The van der Waals surface area contributed by atoms with E-state index in [0.29, 0.717) is 27.9 Å². The number of halogens is 2. The molecule has 3 rings (SSSR count). The molecule has 1 amide bonds. The van der Waals surface area contributed by atoms with Crippen molar-refractivity contribution in [3.05, 3.63) is 52.0 Å². The Labute approximate surface area is 186 Å². The van der Waals surface area contributed by atoms with Crippen LogP contribution in [-0.2, 0) is 10.0 Å². The number of amides is 1. The number of carbonyl (C=O) groups excluding carboxylic acids is 1. The summed E-state index contributed by atoms with van der Waals surface area (Å²) in [6, 6.07) is 8.88. The molecule has 158 valence electrons. The van der Waals surface area contributed by atoms with E-state index in [9.17, 15) is 13.2 Å². The van der Waals surface area contributed by atoms with Crippen LogP contribution in [-0.4, -0.2) is 38.7 Å². The maximum Gasteiger partial charge on any atom is 0.291 e. The Kier molecular flexibility index (Phi) is 6.66. The molecule has 3 aromatic rings. The molecule has 0 aliphatic rings. The highest BCUT2D eigenvalue weighted by molar-refractivity contribution is 7.94. The molecule has 0 radical (unpaired) electrons. The number of hydrogen-bond acceptors (Lipinski definition) is 8. The molecule has 0 unspecified atom stereocenters. The summed E-state index contributed by atoms with van der Waals surface area (Å²) < 4.78 is 37.5. The molecule has 0 fully saturated rings. The average molecular weight is 489 g/mol. The van der Waals surface area contributed by atoms with E-state index in [4.69, 9.17) is 32.7 Å². The Balaban J connectivity index is 1.76. The Morgan fingerprint density at radius 2 is 1.77 bits per heavy atom. The van der Waals surface area contributed by atoms with Crippen LogP contribution in [0, 0.1) is 0 Å². The minimum Gasteiger partial charge on any atom is -0.493 e. The van der Waals surface area contributed by atoms with E-state index < -0.39 is 15.9 Å². The van der Waals surface area contributed by atoms with Crippen LogP contribution in [0.4, 0.5) is 10.8 Å². The van der Waals surface area contributed by atoms with Crippen molar-refractivity contribution in [1.29, 1.82) is 0 Å². The van der Waals surface area contributed by atoms with Crippen molar-refractivity contribution in [3.8, 4) is 11.5 Å². The number of ether oxygens (including phenoxy) is 2. The normalized spacial score (nSPS) is 11.1. The third-order valence-electron chi connectivity index (χ3n) is 3.67. The average Bonchev–Trinajstić information content (AvgIpc) is 3.17. The van der Waals surface area contributed by atoms with Crippen LogP contribution >= 0.6 is 34.5 Å². The van der Waals surface area contributed by atoms with E-state index in [1.54, 1.807) is 6.07 Å². The highest BCUT2D eigenvalue weighted by atomic mass is 35.5. The third-order valence-corrected chi connectivity index (χ3v) is 6.80. The minimum atomic E-state index is -4.05. The molecule has 0 spiro atoms. The predicted molar refractivity (Wildman–Crippen MR) is 115 cm³/mol. The molecule has 0 aliphatic heterocycles. The Morgan fingerprint density at radius 1 is 1.03 bits per heavy atom. The number of aromatic nitrogens is 2. The summed E-state index contributed by atoms with van der Waals surface area (Å²) in [4.78, 5) is 12.3. The van der Waals surface area contributed by atoms with Crippen molar-refractivity contribution in [1.82, 2.24) is 10.2 Å². The van der Waals surface area contributed by atoms with Gasteiger partial charge in [-0.2, -0.15) is 8.42 Å². The van der Waals surface area contributed by atoms with Gasteiger partial charge in [-0.3, -0.25) is 14.8 Å². The van der Waals surface area contributed by atoms with Crippen LogP contribution < -0.4 is 19.5 Å². The molecule has 0 bridgehead atoms. The number of carbonyl (C=O) groups is 1. The largest absolute Gasteiger partial charge is 0.493 e. The quantitative estimate of drug-likeness (QED) is 0.483. The first-order valence-corrected chi connectivity index (χ1v) is 11.1. The number of benzene rings is 2. The summed E-state index contributed by atoms with van der Waals surface area (Å²) in [5.74, 6) is 0.217. The summed E-state index contributed by atoms with van der Waals surface area (Å²) >= 11 is 12.5. The van der Waals surface area contributed by atoms with E-state index in [1.807, 2.05) is 0 Å². The van der Waals surface area contributed by atoms with Crippen LogP contribution in [0.15, 0.2) is 40.7 Å². The Morgan fingerprint density at radius 3 is 2.43 bits per heavy atom. The van der Waals surface area contributed by atoms with Gasteiger partial charge in [0.15, 0.2) is 11.5 Å². The summed E-state index contributed by atoms with van der Waals surface area (Å²) in [7, 11) is -1.15. The van der Waals surface area contributed by atoms with Crippen molar-refractivity contribution < 1.29 is 22.7 Å². The van der Waals surface area contributed by atoms with E-state index in [1.165, 1.54) is 44.6 Å². The monoisotopic (exact) mass is 488 g/mol. The van der Waals surface area contributed by atoms with Crippen molar-refractivity contribution in [2.45, 2.75) is 4.34 Å². The number of methoxy groups -OCH3 is 2. The smallest absolute Gasteiger partial charge is 0.291 e. The van der Waals surface area contributed by atoms with Gasteiger partial charge in [-0.25, -0.2) is 0 Å². The fourth-order valence-electron chi connectivity index (χ4n) is 2.31. The van der Waals surface area contributed by atoms with E-state index in [-0.39, 0.29) is 25.7 Å². The molecule has 2 aromatic carbocycles. The zero-order chi connectivity index (χ0) is 21.9. The van der Waals surface area contributed by atoms with Crippen LogP contribution in [0.5, 0.6) is 11.5 Å². The topological polar surface area (TPSA) is 120 Å². The van der Waals surface area contributed by atoms with Gasteiger partial charge >= 0.3 is 0 Å². The number of nitrogens with zero attached hydrogens (tertiary/aromatic N) is 2. The lowest BCUT2D eigenvalue weighted by atomic mass is 10.2. The van der Waals surface area contributed by atoms with Crippen LogP contribution in [0.1, 0.15) is 10.4 Å². The second kappa shape index (κ2) is 9.04. The van der Waals surface area contributed by atoms with Crippen molar-refractivity contribution >= 4 is 61.3 Å². The zero-order valence-corrected chi connectivity index (χ0v) is 18.6. The first-order valence-electron chi connectivity index (χ1n) is 8.08. The second-order valence-corrected chi connectivity index (χ2v) is 9.30. The van der Waals surface area contributed by atoms with Crippen molar-refractivity contribution in [2.24, 2.45) is 0 Å². The van der Waals surface area contributed by atoms with E-state index in [0.717, 1.165) is 0 Å². The van der Waals surface area contributed by atoms with Gasteiger partial charge in [0, 0.05) is 11.1 Å². The Hall–Kier alpha value is -2.60. The molecule has 9 nitrogen and oxygen atoms in total. The molecule has 1 heterocycles. The van der Waals surface area contributed by atoms with Crippen molar-refractivity contribution in [3.63, 3.8) is 0 Å². The lowest BCUT2D eigenvalue weighted by Gasteiger charge is -2.10. The number of sulfonamides is 1. The van der Waals surface area contributed by atoms with E-state index >= 15 is 0 Å². The van der Waals surface area contributed by atoms with Crippen LogP contribution in [0.2, 0.25) is 10.0 Å². The minimum absolute atomic E-state index is 0.0151. The Bertz CT molecular complexity index is 1200. The lowest BCUT2D eigenvalue weighted by molar-refractivity contribution is 0.102. The van der Waals surface area contributed by atoms with Gasteiger partial charge < -0.3 is 9.47 Å². The van der Waals surface area contributed by atoms with Gasteiger partial charge in [0.05, 0.1) is 30.5 Å². The molecular weight excluding hydrogens is 475 g/mol. The SMILES string of the molecule is COc1ccc(NS(=O)(=O)c2nnc(NC(=O)c3ccc(Cl)cc3Cl)s2)cc1OC. The first-order chi connectivity index (χ1) is 14.2. The zero-order valence-electron chi connectivity index (χ0n) is 15.5. The van der Waals surface area contributed by atoms with E-state index in [2.05, 4.69) is 20.2 Å². The number of nitrogens with one attached hydrogen (secondary N) is 2. The molecule has 13 heteroatoms. The van der Waals surface area contributed by atoms with Gasteiger partial charge in [-0.05, 0) is 30.3 Å². The second-order valence-electron chi connectivity index (χ2n) is 5.63. The predicted octanol–water partition coefficient (Wildman–Crippen LogP) is 3.92. The number of anilines is 2. The molecule has 30 heavy (non-hydrogen) atoms. The first kappa shape index (κ1) is 22.1. The molecule has 0 atom stereocenters.